The number of hydrogen-bond donors (Lipinski definition) is 2. The Kier molecular flexibility index (Phi) is 2.02. The second kappa shape index (κ2) is 3.05. The van der Waals surface area contributed by atoms with Gasteiger partial charge in [-0.15, -0.1) is 0 Å². The molecule has 2 nitrogen and oxygen atoms in total. The van der Waals surface area contributed by atoms with Crippen LogP contribution < -0.4 is 5.73 Å². The number of halogens is 1. The lowest BCUT2D eigenvalue weighted by atomic mass is 10.1. The molecular weight excluding hydrogens is 184 g/mol. The Balaban J connectivity index is 2.78. The Morgan fingerprint density at radius 3 is 2.77 bits per heavy atom. The van der Waals surface area contributed by atoms with Crippen LogP contribution in [-0.4, -0.2) is 4.98 Å². The summed E-state index contributed by atoms with van der Waals surface area (Å²) in [4.78, 5) is 3.09. The average molecular weight is 195 g/mol. The average Bonchev–Trinajstić information content (AvgIpc) is 2.39. The number of nitrogens with two attached hydrogens (primary N) is 1. The van der Waals surface area contributed by atoms with Crippen LogP contribution in [0, 0.1) is 0 Å². The van der Waals surface area contributed by atoms with Crippen LogP contribution in [-0.2, 0) is 0 Å². The minimum Gasteiger partial charge on any atom is -0.345 e. The largest absolute Gasteiger partial charge is 0.345 e. The van der Waals surface area contributed by atoms with Crippen molar-refractivity contribution in [1.82, 2.24) is 4.98 Å². The van der Waals surface area contributed by atoms with Crippen LogP contribution in [0.2, 0.25) is 5.15 Å². The Bertz CT molecular complexity index is 431. The number of nitrogens with one attached hydrogen (secondary N) is 1. The summed E-state index contributed by atoms with van der Waals surface area (Å²) in [5, 5.41) is 1.76. The second-order valence-electron chi connectivity index (χ2n) is 3.19. The molecule has 0 aliphatic heterocycles. The molecule has 13 heavy (non-hydrogen) atoms. The van der Waals surface area contributed by atoms with E-state index in [0.29, 0.717) is 5.15 Å². The molecule has 0 spiro atoms. The van der Waals surface area contributed by atoms with Crippen LogP contribution in [0.15, 0.2) is 24.3 Å². The molecule has 3 N–H and O–H groups in total. The number of rotatable bonds is 1. The fourth-order valence-electron chi connectivity index (χ4n) is 1.58. The summed E-state index contributed by atoms with van der Waals surface area (Å²) in [7, 11) is 0. The summed E-state index contributed by atoms with van der Waals surface area (Å²) in [6, 6.07) is 7.94. The van der Waals surface area contributed by atoms with Crippen LogP contribution in [0.3, 0.4) is 0 Å². The Morgan fingerprint density at radius 1 is 1.38 bits per heavy atom. The molecule has 0 aliphatic carbocycles. The van der Waals surface area contributed by atoms with E-state index < -0.39 is 0 Å². The molecule has 1 atom stereocenters. The highest BCUT2D eigenvalue weighted by Gasteiger charge is 2.11. The highest BCUT2D eigenvalue weighted by atomic mass is 35.5. The van der Waals surface area contributed by atoms with Crippen molar-refractivity contribution in [2.75, 3.05) is 0 Å². The summed E-state index contributed by atoms with van der Waals surface area (Å²) < 4.78 is 0. The van der Waals surface area contributed by atoms with E-state index in [1.165, 1.54) is 0 Å². The minimum atomic E-state index is -0.0383. The van der Waals surface area contributed by atoms with Gasteiger partial charge in [-0.3, -0.25) is 0 Å². The summed E-state index contributed by atoms with van der Waals surface area (Å²) in [6.45, 7) is 1.93. The summed E-state index contributed by atoms with van der Waals surface area (Å²) in [6.07, 6.45) is 0. The number of aromatic amines is 1. The van der Waals surface area contributed by atoms with Crippen molar-refractivity contribution in [2.24, 2.45) is 5.73 Å². The van der Waals surface area contributed by atoms with Gasteiger partial charge in [0.25, 0.3) is 0 Å². The number of para-hydroxylation sites is 1. The van der Waals surface area contributed by atoms with Crippen molar-refractivity contribution >= 4 is 22.5 Å². The van der Waals surface area contributed by atoms with Gasteiger partial charge in [0, 0.05) is 22.5 Å². The Morgan fingerprint density at radius 2 is 2.08 bits per heavy atom. The number of fused-ring (bicyclic) bond motifs is 1. The molecule has 3 heteroatoms. The van der Waals surface area contributed by atoms with Gasteiger partial charge in [0.2, 0.25) is 0 Å². The number of aromatic nitrogens is 1. The molecule has 0 saturated carbocycles. The first-order chi connectivity index (χ1) is 6.20. The normalized spacial score (nSPS) is 13.5. The zero-order valence-corrected chi connectivity index (χ0v) is 8.10. The first kappa shape index (κ1) is 8.60. The molecule has 0 radical (unpaired) electrons. The molecule has 0 aliphatic rings. The van der Waals surface area contributed by atoms with E-state index in [0.717, 1.165) is 16.5 Å². The monoisotopic (exact) mass is 194 g/mol. The van der Waals surface area contributed by atoms with Crippen LogP contribution >= 0.6 is 11.6 Å². The molecule has 1 aromatic carbocycles. The van der Waals surface area contributed by atoms with Crippen LogP contribution in [0.5, 0.6) is 0 Å². The van der Waals surface area contributed by atoms with Crippen LogP contribution in [0.4, 0.5) is 0 Å². The summed E-state index contributed by atoms with van der Waals surface area (Å²) in [5.41, 5.74) is 7.86. The van der Waals surface area contributed by atoms with Crippen molar-refractivity contribution in [1.29, 1.82) is 0 Å². The molecule has 1 aromatic heterocycles. The van der Waals surface area contributed by atoms with E-state index in [1.807, 2.05) is 31.2 Å². The summed E-state index contributed by atoms with van der Waals surface area (Å²) >= 11 is 6.03. The van der Waals surface area contributed by atoms with Crippen molar-refractivity contribution in [2.45, 2.75) is 13.0 Å². The first-order valence-electron chi connectivity index (χ1n) is 4.22. The summed E-state index contributed by atoms with van der Waals surface area (Å²) in [5.74, 6) is 0. The van der Waals surface area contributed by atoms with Gasteiger partial charge in [0.15, 0.2) is 0 Å². The standard InChI is InChI=1S/C10H11ClN2/c1-6(12)9-7-4-2-3-5-8(7)13-10(9)11/h2-6,13H,12H2,1H3. The predicted molar refractivity (Wildman–Crippen MR) is 55.9 cm³/mol. The van der Waals surface area contributed by atoms with Crippen molar-refractivity contribution in [3.05, 3.63) is 35.0 Å². The van der Waals surface area contributed by atoms with Gasteiger partial charge in [-0.05, 0) is 13.0 Å². The smallest absolute Gasteiger partial charge is 0.112 e. The first-order valence-corrected chi connectivity index (χ1v) is 4.59. The topological polar surface area (TPSA) is 41.8 Å². The van der Waals surface area contributed by atoms with Gasteiger partial charge < -0.3 is 10.7 Å². The molecule has 2 aromatic rings. The van der Waals surface area contributed by atoms with E-state index in [1.54, 1.807) is 0 Å². The second-order valence-corrected chi connectivity index (χ2v) is 3.56. The fraction of sp³-hybridized carbons (Fsp3) is 0.200. The lowest BCUT2D eigenvalue weighted by molar-refractivity contribution is 0.826. The number of hydrogen-bond acceptors (Lipinski definition) is 1. The fourth-order valence-corrected chi connectivity index (χ4v) is 1.95. The zero-order chi connectivity index (χ0) is 9.42. The lowest BCUT2D eigenvalue weighted by Gasteiger charge is -2.03. The minimum absolute atomic E-state index is 0.0383. The molecule has 0 saturated heterocycles. The van der Waals surface area contributed by atoms with E-state index in [9.17, 15) is 0 Å². The van der Waals surface area contributed by atoms with Gasteiger partial charge in [0.1, 0.15) is 5.15 Å². The molecule has 1 unspecified atom stereocenters. The van der Waals surface area contributed by atoms with E-state index in [4.69, 9.17) is 17.3 Å². The third kappa shape index (κ3) is 1.32. The Labute approximate surface area is 81.7 Å². The number of H-pyrrole nitrogens is 1. The van der Waals surface area contributed by atoms with Crippen molar-refractivity contribution in [3.63, 3.8) is 0 Å². The molecule has 0 amide bonds. The van der Waals surface area contributed by atoms with Gasteiger partial charge in [0.05, 0.1) is 0 Å². The molecule has 1 heterocycles. The lowest BCUT2D eigenvalue weighted by Crippen LogP contribution is -2.04. The quantitative estimate of drug-likeness (QED) is 0.720. The van der Waals surface area contributed by atoms with E-state index in [2.05, 4.69) is 4.98 Å². The number of benzene rings is 1. The highest BCUT2D eigenvalue weighted by Crippen LogP contribution is 2.29. The van der Waals surface area contributed by atoms with Gasteiger partial charge in [-0.25, -0.2) is 0 Å². The van der Waals surface area contributed by atoms with Crippen LogP contribution in [0.1, 0.15) is 18.5 Å². The SMILES string of the molecule is CC(N)c1c(Cl)[nH]c2ccccc12. The maximum atomic E-state index is 6.03. The molecule has 0 bridgehead atoms. The third-order valence-electron chi connectivity index (χ3n) is 2.15. The molecule has 68 valence electrons. The Hall–Kier alpha value is -0.990. The maximum Gasteiger partial charge on any atom is 0.112 e. The van der Waals surface area contributed by atoms with Gasteiger partial charge in [-0.1, -0.05) is 29.8 Å². The van der Waals surface area contributed by atoms with E-state index >= 15 is 0 Å². The maximum absolute atomic E-state index is 6.03. The van der Waals surface area contributed by atoms with Gasteiger partial charge >= 0.3 is 0 Å². The van der Waals surface area contributed by atoms with E-state index in [-0.39, 0.29) is 6.04 Å². The third-order valence-corrected chi connectivity index (χ3v) is 2.45. The van der Waals surface area contributed by atoms with Gasteiger partial charge in [-0.2, -0.15) is 0 Å². The zero-order valence-electron chi connectivity index (χ0n) is 7.34. The van der Waals surface area contributed by atoms with Crippen molar-refractivity contribution < 1.29 is 0 Å². The predicted octanol–water partition coefficient (Wildman–Crippen LogP) is 2.84. The van der Waals surface area contributed by atoms with Crippen LogP contribution in [0.25, 0.3) is 10.9 Å². The molecule has 0 fully saturated rings. The van der Waals surface area contributed by atoms with Crippen molar-refractivity contribution in [3.8, 4) is 0 Å². The highest BCUT2D eigenvalue weighted by molar-refractivity contribution is 6.31. The molecule has 2 rings (SSSR count). The molecular formula is C10H11ClN2.